The fourth-order valence-corrected chi connectivity index (χ4v) is 2.99. The predicted octanol–water partition coefficient (Wildman–Crippen LogP) is 1.98. The molecule has 23 heavy (non-hydrogen) atoms. The van der Waals surface area contributed by atoms with Gasteiger partial charge in [0.25, 0.3) is 5.91 Å². The SMILES string of the molecule is C[C@@H](NC(=O)C1=Cc2ccccc2OC1)C(=O)N1CCCCC1. The number of hydrogen-bond donors (Lipinski definition) is 1. The van der Waals surface area contributed by atoms with Crippen LogP contribution >= 0.6 is 0 Å². The minimum Gasteiger partial charge on any atom is -0.488 e. The first-order chi connectivity index (χ1) is 11.1. The molecular formula is C18H22N2O3. The fourth-order valence-electron chi connectivity index (χ4n) is 2.99. The van der Waals surface area contributed by atoms with Gasteiger partial charge in [0.2, 0.25) is 5.91 Å². The van der Waals surface area contributed by atoms with Crippen LogP contribution in [0.15, 0.2) is 29.8 Å². The number of piperidine rings is 1. The molecule has 1 aromatic carbocycles. The van der Waals surface area contributed by atoms with Gasteiger partial charge in [0.1, 0.15) is 18.4 Å². The summed E-state index contributed by atoms with van der Waals surface area (Å²) in [6.45, 7) is 3.55. The Kier molecular flexibility index (Phi) is 4.65. The number of fused-ring (bicyclic) bond motifs is 1. The topological polar surface area (TPSA) is 58.6 Å². The van der Waals surface area contributed by atoms with E-state index in [2.05, 4.69) is 5.32 Å². The third-order valence-electron chi connectivity index (χ3n) is 4.31. The quantitative estimate of drug-likeness (QED) is 0.928. The van der Waals surface area contributed by atoms with Gasteiger partial charge in [0, 0.05) is 18.7 Å². The predicted molar refractivity (Wildman–Crippen MR) is 87.9 cm³/mol. The van der Waals surface area contributed by atoms with Gasteiger partial charge in [-0.05, 0) is 38.3 Å². The van der Waals surface area contributed by atoms with Crippen molar-refractivity contribution in [3.63, 3.8) is 0 Å². The Hall–Kier alpha value is -2.30. The fraction of sp³-hybridized carbons (Fsp3) is 0.444. The van der Waals surface area contributed by atoms with E-state index in [0.29, 0.717) is 5.57 Å². The first-order valence-corrected chi connectivity index (χ1v) is 8.17. The van der Waals surface area contributed by atoms with Crippen LogP contribution in [0, 0.1) is 0 Å². The average molecular weight is 314 g/mol. The molecule has 0 unspecified atom stereocenters. The second-order valence-electron chi connectivity index (χ2n) is 6.08. The van der Waals surface area contributed by atoms with Crippen molar-refractivity contribution in [2.24, 2.45) is 0 Å². The van der Waals surface area contributed by atoms with E-state index in [1.165, 1.54) is 6.42 Å². The van der Waals surface area contributed by atoms with Crippen LogP contribution in [0.5, 0.6) is 5.75 Å². The second-order valence-corrected chi connectivity index (χ2v) is 6.08. The molecule has 0 bridgehead atoms. The zero-order chi connectivity index (χ0) is 16.2. The van der Waals surface area contributed by atoms with Crippen molar-refractivity contribution in [3.05, 3.63) is 35.4 Å². The highest BCUT2D eigenvalue weighted by molar-refractivity contribution is 6.01. The maximum atomic E-state index is 12.4. The van der Waals surface area contributed by atoms with Crippen LogP contribution in [0.4, 0.5) is 0 Å². The van der Waals surface area contributed by atoms with Gasteiger partial charge in [-0.25, -0.2) is 0 Å². The molecule has 1 aromatic rings. The largest absolute Gasteiger partial charge is 0.488 e. The van der Waals surface area contributed by atoms with Crippen LogP contribution in [-0.2, 0) is 9.59 Å². The molecule has 122 valence electrons. The van der Waals surface area contributed by atoms with Crippen molar-refractivity contribution in [2.45, 2.75) is 32.2 Å². The molecule has 2 aliphatic rings. The average Bonchev–Trinajstić information content (AvgIpc) is 2.61. The standard InChI is InChI=1S/C18H22N2O3/c1-13(18(22)20-9-5-2-6-10-20)19-17(21)15-11-14-7-3-4-8-16(14)23-12-15/h3-4,7-8,11,13H,2,5-6,9-10,12H2,1H3,(H,19,21)/t13-/m1/s1. The highest BCUT2D eigenvalue weighted by Crippen LogP contribution is 2.25. The lowest BCUT2D eigenvalue weighted by molar-refractivity contribution is -0.136. The van der Waals surface area contributed by atoms with Crippen molar-refractivity contribution in [1.29, 1.82) is 0 Å². The molecule has 1 atom stereocenters. The van der Waals surface area contributed by atoms with Crippen LogP contribution in [0.3, 0.4) is 0 Å². The summed E-state index contributed by atoms with van der Waals surface area (Å²) in [6.07, 6.45) is 5.09. The van der Waals surface area contributed by atoms with Gasteiger partial charge < -0.3 is 15.0 Å². The van der Waals surface area contributed by atoms with E-state index in [-0.39, 0.29) is 18.4 Å². The number of nitrogens with one attached hydrogen (secondary N) is 1. The number of amides is 2. The van der Waals surface area contributed by atoms with Crippen LogP contribution in [0.2, 0.25) is 0 Å². The van der Waals surface area contributed by atoms with Gasteiger partial charge in [0.05, 0.1) is 5.57 Å². The normalized spacial score (nSPS) is 18.3. The molecule has 5 nitrogen and oxygen atoms in total. The summed E-state index contributed by atoms with van der Waals surface area (Å²) in [5, 5.41) is 2.80. The molecule has 2 amide bonds. The van der Waals surface area contributed by atoms with Gasteiger partial charge in [-0.3, -0.25) is 9.59 Å². The van der Waals surface area contributed by atoms with Gasteiger partial charge in [0.15, 0.2) is 0 Å². The second kappa shape index (κ2) is 6.86. The molecule has 2 aliphatic heterocycles. The minimum atomic E-state index is -0.515. The number of likely N-dealkylation sites (tertiary alicyclic amines) is 1. The molecule has 0 aromatic heterocycles. The molecule has 1 N–H and O–H groups in total. The number of benzene rings is 1. The highest BCUT2D eigenvalue weighted by Gasteiger charge is 2.25. The number of carbonyl (C=O) groups is 2. The summed E-state index contributed by atoms with van der Waals surface area (Å²) in [4.78, 5) is 26.6. The monoisotopic (exact) mass is 314 g/mol. The van der Waals surface area contributed by atoms with E-state index in [0.717, 1.165) is 37.2 Å². The van der Waals surface area contributed by atoms with Crippen molar-refractivity contribution in [3.8, 4) is 5.75 Å². The summed E-state index contributed by atoms with van der Waals surface area (Å²) in [7, 11) is 0. The number of nitrogens with zero attached hydrogens (tertiary/aromatic N) is 1. The maximum absolute atomic E-state index is 12.4. The zero-order valence-corrected chi connectivity index (χ0v) is 13.4. The molecule has 1 fully saturated rings. The van der Waals surface area contributed by atoms with E-state index in [4.69, 9.17) is 4.74 Å². The Balaban J connectivity index is 1.63. The first kappa shape index (κ1) is 15.6. The molecule has 0 radical (unpaired) electrons. The Labute approximate surface area is 136 Å². The third-order valence-corrected chi connectivity index (χ3v) is 4.31. The molecule has 3 rings (SSSR count). The molecule has 0 saturated carbocycles. The molecule has 1 saturated heterocycles. The number of para-hydroxylation sites is 1. The van der Waals surface area contributed by atoms with Crippen molar-refractivity contribution >= 4 is 17.9 Å². The molecule has 2 heterocycles. The summed E-state index contributed by atoms with van der Waals surface area (Å²) in [5.74, 6) is 0.537. The lowest BCUT2D eigenvalue weighted by atomic mass is 10.1. The Morgan fingerprint density at radius 3 is 2.70 bits per heavy atom. The van der Waals surface area contributed by atoms with Gasteiger partial charge in [-0.2, -0.15) is 0 Å². The van der Waals surface area contributed by atoms with Crippen LogP contribution < -0.4 is 10.1 Å². The van der Waals surface area contributed by atoms with E-state index >= 15 is 0 Å². The van der Waals surface area contributed by atoms with Crippen molar-refractivity contribution in [1.82, 2.24) is 10.2 Å². The summed E-state index contributed by atoms with van der Waals surface area (Å²) < 4.78 is 5.59. The lowest BCUT2D eigenvalue weighted by Gasteiger charge is -2.29. The summed E-state index contributed by atoms with van der Waals surface area (Å²) in [6, 6.07) is 7.07. The van der Waals surface area contributed by atoms with Crippen LogP contribution in [-0.4, -0.2) is 42.5 Å². The van der Waals surface area contributed by atoms with E-state index in [9.17, 15) is 9.59 Å². The molecule has 0 spiro atoms. The van der Waals surface area contributed by atoms with E-state index in [1.54, 1.807) is 6.92 Å². The molecular weight excluding hydrogens is 292 g/mol. The molecule has 5 heteroatoms. The van der Waals surface area contributed by atoms with E-state index in [1.807, 2.05) is 35.2 Å². The van der Waals surface area contributed by atoms with Crippen LogP contribution in [0.25, 0.3) is 6.08 Å². The first-order valence-electron chi connectivity index (χ1n) is 8.17. The Morgan fingerprint density at radius 2 is 1.91 bits per heavy atom. The minimum absolute atomic E-state index is 0.00391. The Morgan fingerprint density at radius 1 is 1.17 bits per heavy atom. The number of ether oxygens (including phenoxy) is 1. The van der Waals surface area contributed by atoms with Gasteiger partial charge in [-0.1, -0.05) is 18.2 Å². The van der Waals surface area contributed by atoms with Gasteiger partial charge >= 0.3 is 0 Å². The smallest absolute Gasteiger partial charge is 0.251 e. The van der Waals surface area contributed by atoms with E-state index < -0.39 is 6.04 Å². The number of carbonyl (C=O) groups excluding carboxylic acids is 2. The lowest BCUT2D eigenvalue weighted by Crippen LogP contribution is -2.49. The molecule has 0 aliphatic carbocycles. The van der Waals surface area contributed by atoms with Crippen molar-refractivity contribution < 1.29 is 14.3 Å². The van der Waals surface area contributed by atoms with Crippen LogP contribution in [0.1, 0.15) is 31.7 Å². The number of rotatable bonds is 3. The third kappa shape index (κ3) is 3.55. The summed E-state index contributed by atoms with van der Waals surface area (Å²) in [5.41, 5.74) is 1.43. The zero-order valence-electron chi connectivity index (χ0n) is 13.4. The summed E-state index contributed by atoms with van der Waals surface area (Å²) >= 11 is 0. The van der Waals surface area contributed by atoms with Gasteiger partial charge in [-0.15, -0.1) is 0 Å². The maximum Gasteiger partial charge on any atom is 0.251 e. The highest BCUT2D eigenvalue weighted by atomic mass is 16.5. The van der Waals surface area contributed by atoms with Crippen molar-refractivity contribution in [2.75, 3.05) is 19.7 Å². The number of hydrogen-bond acceptors (Lipinski definition) is 3. The Bertz CT molecular complexity index is 633.